The summed E-state index contributed by atoms with van der Waals surface area (Å²) in [5.74, 6) is -0.110. The lowest BCUT2D eigenvalue weighted by Crippen LogP contribution is -2.30. The molecule has 0 aliphatic carbocycles. The van der Waals surface area contributed by atoms with Crippen molar-refractivity contribution in [2.24, 2.45) is 0 Å². The Morgan fingerprint density at radius 3 is 2.83 bits per heavy atom. The van der Waals surface area contributed by atoms with Gasteiger partial charge < -0.3 is 9.64 Å². The van der Waals surface area contributed by atoms with Crippen LogP contribution in [0.1, 0.15) is 28.9 Å². The van der Waals surface area contributed by atoms with E-state index in [1.165, 1.54) is 4.90 Å². The summed E-state index contributed by atoms with van der Waals surface area (Å²) in [6, 6.07) is 10.7. The van der Waals surface area contributed by atoms with Gasteiger partial charge in [-0.25, -0.2) is 4.79 Å². The topological polar surface area (TPSA) is 62.7 Å². The van der Waals surface area contributed by atoms with Crippen molar-refractivity contribution < 1.29 is 14.3 Å². The lowest BCUT2D eigenvalue weighted by atomic mass is 10.1. The number of amides is 2. The molecule has 2 aromatic rings. The Morgan fingerprint density at radius 2 is 2.17 bits per heavy atom. The first-order chi connectivity index (χ1) is 11.6. The highest BCUT2D eigenvalue weighted by Gasteiger charge is 2.25. The zero-order valence-electron chi connectivity index (χ0n) is 13.7. The average molecular weight is 325 g/mol. The number of pyridine rings is 1. The summed E-state index contributed by atoms with van der Waals surface area (Å²) >= 11 is 0. The fraction of sp³-hybridized carbons (Fsp3) is 0.278. The van der Waals surface area contributed by atoms with Crippen LogP contribution in [0, 0.1) is 0 Å². The van der Waals surface area contributed by atoms with Crippen molar-refractivity contribution in [2.45, 2.75) is 13.0 Å². The number of ether oxygens (including phenoxy) is 1. The van der Waals surface area contributed by atoms with Gasteiger partial charge in [0.05, 0.1) is 12.6 Å². The van der Waals surface area contributed by atoms with Crippen LogP contribution in [0.4, 0.5) is 10.5 Å². The van der Waals surface area contributed by atoms with E-state index in [-0.39, 0.29) is 18.0 Å². The number of cyclic esters (lactones) is 1. The molecule has 1 fully saturated rings. The van der Waals surface area contributed by atoms with E-state index in [2.05, 4.69) is 4.98 Å². The molecule has 0 unspecified atom stereocenters. The standard InChI is InChI=1S/C18H19N3O3/c1-13(15-6-4-8-19-12-15)20(2)17(22)14-5-3-7-16(11-14)21-9-10-24-18(21)23/h3-8,11-13H,9-10H2,1-2H3/t13-/m0/s1. The highest BCUT2D eigenvalue weighted by molar-refractivity contribution is 5.97. The van der Waals surface area contributed by atoms with Gasteiger partial charge in [0.15, 0.2) is 0 Å². The van der Waals surface area contributed by atoms with Crippen LogP contribution in [0.5, 0.6) is 0 Å². The summed E-state index contributed by atoms with van der Waals surface area (Å²) < 4.78 is 4.95. The molecule has 0 radical (unpaired) electrons. The quantitative estimate of drug-likeness (QED) is 0.867. The van der Waals surface area contributed by atoms with E-state index in [9.17, 15) is 9.59 Å². The molecule has 1 saturated heterocycles. The second kappa shape index (κ2) is 6.70. The second-order valence-corrected chi connectivity index (χ2v) is 5.69. The third kappa shape index (κ3) is 3.08. The molecule has 1 atom stereocenters. The van der Waals surface area contributed by atoms with Crippen molar-refractivity contribution in [1.82, 2.24) is 9.88 Å². The van der Waals surface area contributed by atoms with Crippen molar-refractivity contribution in [2.75, 3.05) is 25.1 Å². The average Bonchev–Trinajstić information content (AvgIpc) is 3.06. The molecular formula is C18H19N3O3. The number of rotatable bonds is 4. The molecule has 6 heteroatoms. The molecule has 2 amide bonds. The SMILES string of the molecule is C[C@@H](c1cccnc1)N(C)C(=O)c1cccc(N2CCOC2=O)c1. The summed E-state index contributed by atoms with van der Waals surface area (Å²) in [7, 11) is 1.76. The lowest BCUT2D eigenvalue weighted by molar-refractivity contribution is 0.0742. The Hall–Kier alpha value is -2.89. The first-order valence-corrected chi connectivity index (χ1v) is 7.79. The predicted molar refractivity (Wildman–Crippen MR) is 89.9 cm³/mol. The number of benzene rings is 1. The number of aromatic nitrogens is 1. The fourth-order valence-electron chi connectivity index (χ4n) is 2.66. The Labute approximate surface area is 140 Å². The Balaban J connectivity index is 1.81. The smallest absolute Gasteiger partial charge is 0.414 e. The van der Waals surface area contributed by atoms with Crippen LogP contribution >= 0.6 is 0 Å². The number of hydrogen-bond acceptors (Lipinski definition) is 4. The van der Waals surface area contributed by atoms with Gasteiger partial charge in [0, 0.05) is 30.7 Å². The highest BCUT2D eigenvalue weighted by atomic mass is 16.6. The van der Waals surface area contributed by atoms with E-state index >= 15 is 0 Å². The van der Waals surface area contributed by atoms with Gasteiger partial charge in [0.2, 0.25) is 0 Å². The molecule has 0 spiro atoms. The zero-order chi connectivity index (χ0) is 17.1. The van der Waals surface area contributed by atoms with Crippen LogP contribution in [0.15, 0.2) is 48.8 Å². The maximum absolute atomic E-state index is 12.8. The van der Waals surface area contributed by atoms with Gasteiger partial charge >= 0.3 is 6.09 Å². The van der Waals surface area contributed by atoms with Crippen LogP contribution in [0.3, 0.4) is 0 Å². The molecule has 1 aliphatic heterocycles. The maximum Gasteiger partial charge on any atom is 0.414 e. The molecule has 0 bridgehead atoms. The number of carbonyl (C=O) groups is 2. The fourth-order valence-corrected chi connectivity index (χ4v) is 2.66. The minimum Gasteiger partial charge on any atom is -0.447 e. The van der Waals surface area contributed by atoms with Crippen LogP contribution in [0.25, 0.3) is 0 Å². The predicted octanol–water partition coefficient (Wildman–Crippen LogP) is 2.87. The molecule has 2 heterocycles. The maximum atomic E-state index is 12.8. The molecule has 124 valence electrons. The molecule has 1 aromatic heterocycles. The summed E-state index contributed by atoms with van der Waals surface area (Å²) in [5.41, 5.74) is 2.17. The van der Waals surface area contributed by atoms with E-state index in [0.29, 0.717) is 24.4 Å². The zero-order valence-corrected chi connectivity index (χ0v) is 13.7. The Kier molecular flexibility index (Phi) is 4.46. The first-order valence-electron chi connectivity index (χ1n) is 7.79. The van der Waals surface area contributed by atoms with Crippen molar-refractivity contribution in [3.05, 3.63) is 59.9 Å². The molecule has 24 heavy (non-hydrogen) atoms. The molecule has 6 nitrogen and oxygen atoms in total. The third-order valence-electron chi connectivity index (χ3n) is 4.23. The minimum atomic E-state index is -0.378. The first kappa shape index (κ1) is 16.0. The Morgan fingerprint density at radius 1 is 1.33 bits per heavy atom. The van der Waals surface area contributed by atoms with Crippen LogP contribution in [-0.4, -0.2) is 42.1 Å². The van der Waals surface area contributed by atoms with Gasteiger partial charge in [-0.1, -0.05) is 12.1 Å². The van der Waals surface area contributed by atoms with Gasteiger partial charge in [0.25, 0.3) is 5.91 Å². The van der Waals surface area contributed by atoms with Crippen molar-refractivity contribution in [3.63, 3.8) is 0 Å². The normalized spacial score (nSPS) is 15.1. The van der Waals surface area contributed by atoms with Gasteiger partial charge in [-0.15, -0.1) is 0 Å². The molecular weight excluding hydrogens is 306 g/mol. The minimum absolute atomic E-state index is 0.105. The largest absolute Gasteiger partial charge is 0.447 e. The summed E-state index contributed by atoms with van der Waals surface area (Å²) in [5, 5.41) is 0. The van der Waals surface area contributed by atoms with Crippen molar-refractivity contribution in [3.8, 4) is 0 Å². The third-order valence-corrected chi connectivity index (χ3v) is 4.23. The Bertz CT molecular complexity index is 748. The number of hydrogen-bond donors (Lipinski definition) is 0. The molecule has 3 rings (SSSR count). The lowest BCUT2D eigenvalue weighted by Gasteiger charge is -2.25. The highest BCUT2D eigenvalue weighted by Crippen LogP contribution is 2.23. The van der Waals surface area contributed by atoms with Gasteiger partial charge in [-0.3, -0.25) is 14.7 Å². The van der Waals surface area contributed by atoms with Crippen LogP contribution < -0.4 is 4.90 Å². The number of carbonyl (C=O) groups excluding carboxylic acids is 2. The monoisotopic (exact) mass is 325 g/mol. The van der Waals surface area contributed by atoms with Crippen LogP contribution in [-0.2, 0) is 4.74 Å². The summed E-state index contributed by atoms with van der Waals surface area (Å²) in [6.45, 7) is 2.82. The van der Waals surface area contributed by atoms with E-state index in [1.54, 1.807) is 48.6 Å². The van der Waals surface area contributed by atoms with E-state index < -0.39 is 0 Å². The molecule has 0 saturated carbocycles. The summed E-state index contributed by atoms with van der Waals surface area (Å²) in [6.07, 6.45) is 3.08. The van der Waals surface area contributed by atoms with E-state index in [0.717, 1.165) is 5.56 Å². The van der Waals surface area contributed by atoms with E-state index in [1.807, 2.05) is 19.1 Å². The number of nitrogens with zero attached hydrogens (tertiary/aromatic N) is 3. The molecule has 0 N–H and O–H groups in total. The second-order valence-electron chi connectivity index (χ2n) is 5.69. The summed E-state index contributed by atoms with van der Waals surface area (Å²) in [4.78, 5) is 31.8. The number of anilines is 1. The van der Waals surface area contributed by atoms with Gasteiger partial charge in [0.1, 0.15) is 6.61 Å². The molecule has 1 aliphatic rings. The van der Waals surface area contributed by atoms with Crippen molar-refractivity contribution in [1.29, 1.82) is 0 Å². The molecule has 1 aromatic carbocycles. The van der Waals surface area contributed by atoms with Gasteiger partial charge in [-0.05, 0) is 36.8 Å². The van der Waals surface area contributed by atoms with Gasteiger partial charge in [-0.2, -0.15) is 0 Å². The van der Waals surface area contributed by atoms with Crippen molar-refractivity contribution >= 4 is 17.7 Å². The van der Waals surface area contributed by atoms with E-state index in [4.69, 9.17) is 4.74 Å². The van der Waals surface area contributed by atoms with Crippen LogP contribution in [0.2, 0.25) is 0 Å².